The van der Waals surface area contributed by atoms with Crippen LogP contribution in [0.25, 0.3) is 0 Å². The Kier molecular flexibility index (Phi) is 3.24. The Morgan fingerprint density at radius 1 is 1.47 bits per heavy atom. The van der Waals surface area contributed by atoms with Gasteiger partial charge >= 0.3 is 0 Å². The lowest BCUT2D eigenvalue weighted by Gasteiger charge is -2.02. The lowest BCUT2D eigenvalue weighted by molar-refractivity contribution is 0.412. The average Bonchev–Trinajstić information content (AvgIpc) is 2.79. The van der Waals surface area contributed by atoms with Gasteiger partial charge in [-0.1, -0.05) is 11.2 Å². The van der Waals surface area contributed by atoms with E-state index in [4.69, 9.17) is 4.74 Å². The fourth-order valence-corrected chi connectivity index (χ4v) is 1.89. The monoisotopic (exact) mass is 222 g/mol. The number of aromatic nitrogens is 2. The van der Waals surface area contributed by atoms with Gasteiger partial charge in [-0.2, -0.15) is 4.98 Å². The van der Waals surface area contributed by atoms with Crippen LogP contribution in [0.4, 0.5) is 0 Å². The minimum atomic E-state index is 0.697. The Bertz CT molecular complexity index is 417. The van der Waals surface area contributed by atoms with Gasteiger partial charge in [0.2, 0.25) is 6.39 Å². The Labute approximate surface area is 91.6 Å². The van der Waals surface area contributed by atoms with Gasteiger partial charge in [-0.15, -0.1) is 11.8 Å². The summed E-state index contributed by atoms with van der Waals surface area (Å²) in [5, 5.41) is 3.74. The van der Waals surface area contributed by atoms with Crippen molar-refractivity contribution in [3.63, 3.8) is 0 Å². The molecule has 1 aromatic heterocycles. The molecule has 5 heteroatoms. The summed E-state index contributed by atoms with van der Waals surface area (Å²) in [5.41, 5.74) is 0. The maximum Gasteiger partial charge on any atom is 0.213 e. The molecule has 1 aromatic carbocycles. The number of hydrogen-bond acceptors (Lipinski definition) is 5. The number of hydrogen-bond donors (Lipinski definition) is 0. The van der Waals surface area contributed by atoms with Crippen molar-refractivity contribution in [1.82, 2.24) is 10.1 Å². The summed E-state index contributed by atoms with van der Waals surface area (Å²) in [6.45, 7) is 0. The first kappa shape index (κ1) is 10.0. The zero-order valence-corrected chi connectivity index (χ0v) is 9.03. The number of rotatable bonds is 4. The van der Waals surface area contributed by atoms with Crippen LogP contribution < -0.4 is 4.74 Å². The van der Waals surface area contributed by atoms with E-state index in [1.807, 2.05) is 24.3 Å². The number of methoxy groups -OCH3 is 1. The van der Waals surface area contributed by atoms with E-state index in [0.29, 0.717) is 11.6 Å². The van der Waals surface area contributed by atoms with Gasteiger partial charge < -0.3 is 9.26 Å². The minimum absolute atomic E-state index is 0.697. The van der Waals surface area contributed by atoms with E-state index < -0.39 is 0 Å². The van der Waals surface area contributed by atoms with Gasteiger partial charge in [0.25, 0.3) is 0 Å². The lowest BCUT2D eigenvalue weighted by atomic mass is 10.3. The Balaban J connectivity index is 1.98. The standard InChI is InChI=1S/C10H10N2O2S/c1-13-8-3-2-4-9(5-8)15-6-10-11-7-14-12-10/h2-5,7H,6H2,1H3. The van der Waals surface area contributed by atoms with E-state index in [0.717, 1.165) is 10.6 Å². The quantitative estimate of drug-likeness (QED) is 0.743. The third-order valence-corrected chi connectivity index (χ3v) is 2.81. The SMILES string of the molecule is COc1cccc(SCc2ncon2)c1. The Hall–Kier alpha value is -1.49. The first-order valence-corrected chi connectivity index (χ1v) is 5.39. The highest BCUT2D eigenvalue weighted by molar-refractivity contribution is 7.98. The summed E-state index contributed by atoms with van der Waals surface area (Å²) in [6.07, 6.45) is 1.33. The Morgan fingerprint density at radius 2 is 2.40 bits per heavy atom. The largest absolute Gasteiger partial charge is 0.497 e. The highest BCUT2D eigenvalue weighted by Gasteiger charge is 2.01. The molecule has 0 aliphatic heterocycles. The summed E-state index contributed by atoms with van der Waals surface area (Å²) in [5.74, 6) is 2.25. The van der Waals surface area contributed by atoms with E-state index in [-0.39, 0.29) is 0 Å². The average molecular weight is 222 g/mol. The summed E-state index contributed by atoms with van der Waals surface area (Å²) >= 11 is 1.64. The smallest absolute Gasteiger partial charge is 0.213 e. The molecule has 0 N–H and O–H groups in total. The number of ether oxygens (including phenoxy) is 1. The maximum atomic E-state index is 5.13. The molecule has 0 saturated heterocycles. The Morgan fingerprint density at radius 3 is 3.13 bits per heavy atom. The third-order valence-electron chi connectivity index (χ3n) is 1.82. The molecule has 2 rings (SSSR count). The van der Waals surface area contributed by atoms with Crippen molar-refractivity contribution in [3.05, 3.63) is 36.5 Å². The number of thioether (sulfide) groups is 1. The van der Waals surface area contributed by atoms with Crippen LogP contribution in [-0.4, -0.2) is 17.3 Å². The van der Waals surface area contributed by atoms with E-state index in [2.05, 4.69) is 14.7 Å². The molecule has 0 fully saturated rings. The highest BCUT2D eigenvalue weighted by Crippen LogP contribution is 2.24. The fourth-order valence-electron chi connectivity index (χ4n) is 1.09. The predicted molar refractivity (Wildman–Crippen MR) is 56.9 cm³/mol. The van der Waals surface area contributed by atoms with Crippen molar-refractivity contribution < 1.29 is 9.26 Å². The van der Waals surface area contributed by atoms with Crippen molar-refractivity contribution in [2.24, 2.45) is 0 Å². The molecule has 0 radical (unpaired) electrons. The second-order valence-electron chi connectivity index (χ2n) is 2.82. The zero-order chi connectivity index (χ0) is 10.5. The molecule has 0 aliphatic rings. The van der Waals surface area contributed by atoms with Gasteiger partial charge in [0.15, 0.2) is 5.82 Å². The maximum absolute atomic E-state index is 5.13. The van der Waals surface area contributed by atoms with Crippen molar-refractivity contribution in [1.29, 1.82) is 0 Å². The van der Waals surface area contributed by atoms with Crippen molar-refractivity contribution in [2.45, 2.75) is 10.6 Å². The highest BCUT2D eigenvalue weighted by atomic mass is 32.2. The topological polar surface area (TPSA) is 48.2 Å². The first-order valence-electron chi connectivity index (χ1n) is 4.40. The van der Waals surface area contributed by atoms with E-state index in [1.54, 1.807) is 18.9 Å². The number of nitrogens with zero attached hydrogens (tertiary/aromatic N) is 2. The second-order valence-corrected chi connectivity index (χ2v) is 3.86. The molecule has 1 heterocycles. The van der Waals surface area contributed by atoms with Crippen molar-refractivity contribution in [2.75, 3.05) is 7.11 Å². The molecule has 78 valence electrons. The molecule has 0 saturated carbocycles. The number of benzene rings is 1. The normalized spacial score (nSPS) is 10.2. The van der Waals surface area contributed by atoms with Crippen LogP contribution in [-0.2, 0) is 5.75 Å². The van der Waals surface area contributed by atoms with Crippen LogP contribution in [0.15, 0.2) is 40.1 Å². The molecule has 4 nitrogen and oxygen atoms in total. The van der Waals surface area contributed by atoms with Crippen molar-refractivity contribution >= 4 is 11.8 Å². The minimum Gasteiger partial charge on any atom is -0.497 e. The van der Waals surface area contributed by atoms with Crippen LogP contribution in [0, 0.1) is 0 Å². The van der Waals surface area contributed by atoms with Gasteiger partial charge in [0, 0.05) is 4.90 Å². The van der Waals surface area contributed by atoms with Crippen LogP contribution in [0.3, 0.4) is 0 Å². The molecule has 2 aromatic rings. The van der Waals surface area contributed by atoms with Gasteiger partial charge in [-0.3, -0.25) is 0 Å². The summed E-state index contributed by atoms with van der Waals surface area (Å²) < 4.78 is 9.78. The van der Waals surface area contributed by atoms with E-state index in [1.165, 1.54) is 6.39 Å². The summed E-state index contributed by atoms with van der Waals surface area (Å²) in [4.78, 5) is 5.07. The summed E-state index contributed by atoms with van der Waals surface area (Å²) in [6, 6.07) is 7.87. The molecular weight excluding hydrogens is 212 g/mol. The molecular formula is C10H10N2O2S. The van der Waals surface area contributed by atoms with E-state index >= 15 is 0 Å². The molecule has 0 spiro atoms. The zero-order valence-electron chi connectivity index (χ0n) is 8.21. The van der Waals surface area contributed by atoms with Gasteiger partial charge in [-0.05, 0) is 18.2 Å². The summed E-state index contributed by atoms with van der Waals surface area (Å²) in [7, 11) is 1.66. The van der Waals surface area contributed by atoms with Crippen LogP contribution in [0.5, 0.6) is 5.75 Å². The molecule has 0 unspecified atom stereocenters. The molecule has 15 heavy (non-hydrogen) atoms. The first-order chi connectivity index (χ1) is 7.38. The second kappa shape index (κ2) is 4.84. The van der Waals surface area contributed by atoms with Crippen LogP contribution in [0.2, 0.25) is 0 Å². The predicted octanol–water partition coefficient (Wildman–Crippen LogP) is 2.37. The molecule has 0 aliphatic carbocycles. The molecule has 0 amide bonds. The van der Waals surface area contributed by atoms with Gasteiger partial charge in [0.1, 0.15) is 5.75 Å². The van der Waals surface area contributed by atoms with E-state index in [9.17, 15) is 0 Å². The van der Waals surface area contributed by atoms with Crippen LogP contribution >= 0.6 is 11.8 Å². The molecule has 0 bridgehead atoms. The van der Waals surface area contributed by atoms with Gasteiger partial charge in [0.05, 0.1) is 12.9 Å². The van der Waals surface area contributed by atoms with Crippen LogP contribution in [0.1, 0.15) is 5.82 Å². The lowest BCUT2D eigenvalue weighted by Crippen LogP contribution is -1.85. The fraction of sp³-hybridized carbons (Fsp3) is 0.200. The van der Waals surface area contributed by atoms with Gasteiger partial charge in [-0.25, -0.2) is 0 Å². The molecule has 0 atom stereocenters. The van der Waals surface area contributed by atoms with Crippen molar-refractivity contribution in [3.8, 4) is 5.75 Å². The third kappa shape index (κ3) is 2.73.